The van der Waals surface area contributed by atoms with Gasteiger partial charge in [0.2, 0.25) is 0 Å². The first-order chi connectivity index (χ1) is 13.3. The predicted molar refractivity (Wildman–Crippen MR) is 107 cm³/mol. The molecule has 1 aliphatic rings. The number of rotatable bonds is 4. The molecule has 2 N–H and O–H groups in total. The van der Waals surface area contributed by atoms with Gasteiger partial charge in [-0.05, 0) is 42.7 Å². The number of ether oxygens (including phenoxy) is 1. The fourth-order valence-corrected chi connectivity index (χ4v) is 3.65. The molecule has 2 aromatic carbocycles. The molecular weight excluding hydrogens is 336 g/mol. The van der Waals surface area contributed by atoms with Gasteiger partial charge in [-0.1, -0.05) is 49.6 Å². The lowest BCUT2D eigenvalue weighted by Gasteiger charge is -2.23. The molecule has 1 fully saturated rings. The van der Waals surface area contributed by atoms with Gasteiger partial charge in [0.05, 0.1) is 12.6 Å². The summed E-state index contributed by atoms with van der Waals surface area (Å²) < 4.78 is 7.71. The van der Waals surface area contributed by atoms with E-state index < -0.39 is 0 Å². The highest BCUT2D eigenvalue weighted by atomic mass is 16.5. The summed E-state index contributed by atoms with van der Waals surface area (Å²) in [5, 5.41) is 4.73. The van der Waals surface area contributed by atoms with E-state index in [1.165, 1.54) is 19.3 Å². The van der Waals surface area contributed by atoms with Crippen LogP contribution in [0.3, 0.4) is 0 Å². The van der Waals surface area contributed by atoms with Gasteiger partial charge >= 0.3 is 0 Å². The third-order valence-electron chi connectivity index (χ3n) is 5.06. The SMILES string of the molecule is [C-]#[N+]c1c(-c2ccc(Oc3ccccc3)cc2)nn(C2CCCCC2)c1N. The molecular formula is C22H22N4O. The highest BCUT2D eigenvalue weighted by Gasteiger charge is 2.23. The zero-order valence-corrected chi connectivity index (χ0v) is 15.1. The van der Waals surface area contributed by atoms with Crippen molar-refractivity contribution in [1.82, 2.24) is 9.78 Å². The van der Waals surface area contributed by atoms with Gasteiger partial charge in [-0.25, -0.2) is 4.85 Å². The molecule has 0 amide bonds. The molecule has 0 spiro atoms. The second kappa shape index (κ2) is 7.55. The Morgan fingerprint density at radius 3 is 2.30 bits per heavy atom. The summed E-state index contributed by atoms with van der Waals surface area (Å²) in [7, 11) is 0. The molecule has 0 radical (unpaired) electrons. The van der Waals surface area contributed by atoms with Gasteiger partial charge in [-0.3, -0.25) is 4.68 Å². The number of hydrogen-bond donors (Lipinski definition) is 1. The Hall–Kier alpha value is -3.26. The van der Waals surface area contributed by atoms with E-state index in [2.05, 4.69) is 4.85 Å². The van der Waals surface area contributed by atoms with Crippen molar-refractivity contribution in [1.29, 1.82) is 0 Å². The fourth-order valence-electron chi connectivity index (χ4n) is 3.65. The first-order valence-corrected chi connectivity index (χ1v) is 9.35. The van der Waals surface area contributed by atoms with Gasteiger partial charge in [0.1, 0.15) is 23.0 Å². The van der Waals surface area contributed by atoms with Crippen LogP contribution in [0.5, 0.6) is 11.5 Å². The maximum atomic E-state index is 7.56. The zero-order chi connectivity index (χ0) is 18.6. The van der Waals surface area contributed by atoms with Crippen molar-refractivity contribution in [2.24, 2.45) is 0 Å². The lowest BCUT2D eigenvalue weighted by molar-refractivity contribution is 0.334. The summed E-state index contributed by atoms with van der Waals surface area (Å²) in [6.45, 7) is 7.56. The first kappa shape index (κ1) is 17.2. The lowest BCUT2D eigenvalue weighted by atomic mass is 9.96. The third-order valence-corrected chi connectivity index (χ3v) is 5.06. The maximum absolute atomic E-state index is 7.56. The van der Waals surface area contributed by atoms with Crippen LogP contribution >= 0.6 is 0 Å². The van der Waals surface area contributed by atoms with Crippen LogP contribution in [0.4, 0.5) is 11.5 Å². The van der Waals surface area contributed by atoms with Gasteiger partial charge in [0.25, 0.3) is 5.69 Å². The third kappa shape index (κ3) is 3.52. The summed E-state index contributed by atoms with van der Waals surface area (Å²) in [6, 6.07) is 17.6. The Labute approximate surface area is 159 Å². The molecule has 0 unspecified atom stereocenters. The van der Waals surface area contributed by atoms with Crippen LogP contribution in [-0.4, -0.2) is 9.78 Å². The quantitative estimate of drug-likeness (QED) is 0.584. The highest BCUT2D eigenvalue weighted by Crippen LogP contribution is 2.40. The Bertz CT molecular complexity index is 948. The maximum Gasteiger partial charge on any atom is 0.254 e. The fraction of sp³-hybridized carbons (Fsp3) is 0.273. The minimum Gasteiger partial charge on any atom is -0.457 e. The Balaban J connectivity index is 1.62. The van der Waals surface area contributed by atoms with E-state index >= 15 is 0 Å². The van der Waals surface area contributed by atoms with Crippen molar-refractivity contribution in [2.75, 3.05) is 5.73 Å². The van der Waals surface area contributed by atoms with Crippen LogP contribution in [-0.2, 0) is 0 Å². The first-order valence-electron chi connectivity index (χ1n) is 9.35. The van der Waals surface area contributed by atoms with Crippen molar-refractivity contribution in [3.63, 3.8) is 0 Å². The van der Waals surface area contributed by atoms with Crippen molar-refractivity contribution in [3.8, 4) is 22.8 Å². The molecule has 5 heteroatoms. The largest absolute Gasteiger partial charge is 0.457 e. The average molecular weight is 358 g/mol. The van der Waals surface area contributed by atoms with Crippen molar-refractivity contribution < 1.29 is 4.74 Å². The van der Waals surface area contributed by atoms with Gasteiger partial charge in [0.15, 0.2) is 0 Å². The van der Waals surface area contributed by atoms with Crippen molar-refractivity contribution in [3.05, 3.63) is 66.0 Å². The van der Waals surface area contributed by atoms with E-state index in [9.17, 15) is 0 Å². The molecule has 1 heterocycles. The second-order valence-electron chi connectivity index (χ2n) is 6.87. The number of anilines is 1. The number of hydrogen-bond acceptors (Lipinski definition) is 3. The molecule has 4 rings (SSSR count). The van der Waals surface area contributed by atoms with Crippen LogP contribution in [0.2, 0.25) is 0 Å². The van der Waals surface area contributed by atoms with E-state index in [0.29, 0.717) is 23.2 Å². The van der Waals surface area contributed by atoms with Crippen LogP contribution in [0, 0.1) is 6.57 Å². The minimum absolute atomic E-state index is 0.300. The van der Waals surface area contributed by atoms with E-state index in [1.54, 1.807) is 0 Å². The Morgan fingerprint density at radius 1 is 0.963 bits per heavy atom. The van der Waals surface area contributed by atoms with E-state index in [1.807, 2.05) is 59.3 Å². The van der Waals surface area contributed by atoms with Crippen LogP contribution < -0.4 is 10.5 Å². The van der Waals surface area contributed by atoms with Crippen LogP contribution in [0.1, 0.15) is 38.1 Å². The molecule has 0 aliphatic heterocycles. The molecule has 0 bridgehead atoms. The number of para-hydroxylation sites is 1. The monoisotopic (exact) mass is 358 g/mol. The number of benzene rings is 2. The smallest absolute Gasteiger partial charge is 0.254 e. The standard InChI is InChI=1S/C22H22N4O/c1-24-21-20(25-26(22(21)23)17-8-4-2-5-9-17)16-12-14-19(15-13-16)27-18-10-6-3-7-11-18/h3,6-7,10-15,17H,2,4-5,8-9,23H2. The van der Waals surface area contributed by atoms with Gasteiger partial charge in [-0.2, -0.15) is 5.10 Å². The minimum atomic E-state index is 0.300. The highest BCUT2D eigenvalue weighted by molar-refractivity contribution is 5.83. The van der Waals surface area contributed by atoms with Gasteiger partial charge < -0.3 is 10.5 Å². The number of nitrogens with zero attached hydrogens (tertiary/aromatic N) is 3. The normalized spacial score (nSPS) is 14.6. The van der Waals surface area contributed by atoms with Crippen LogP contribution in [0.15, 0.2) is 54.6 Å². The number of aromatic nitrogens is 2. The Morgan fingerprint density at radius 2 is 1.63 bits per heavy atom. The van der Waals surface area contributed by atoms with Crippen molar-refractivity contribution >= 4 is 11.5 Å². The predicted octanol–water partition coefficient (Wildman–Crippen LogP) is 5.98. The molecule has 0 atom stereocenters. The van der Waals surface area contributed by atoms with E-state index in [4.69, 9.17) is 22.1 Å². The molecule has 1 aromatic heterocycles. The molecule has 0 saturated heterocycles. The second-order valence-corrected chi connectivity index (χ2v) is 6.87. The van der Waals surface area contributed by atoms with Crippen molar-refractivity contribution in [2.45, 2.75) is 38.1 Å². The summed E-state index contributed by atoms with van der Waals surface area (Å²) in [5.41, 5.74) is 8.25. The number of nitrogens with two attached hydrogens (primary N) is 1. The summed E-state index contributed by atoms with van der Waals surface area (Å²) in [4.78, 5) is 3.66. The molecule has 3 aromatic rings. The summed E-state index contributed by atoms with van der Waals surface area (Å²) >= 11 is 0. The van der Waals surface area contributed by atoms with E-state index in [-0.39, 0.29) is 0 Å². The summed E-state index contributed by atoms with van der Waals surface area (Å²) in [5.74, 6) is 2.02. The van der Waals surface area contributed by atoms with Gasteiger partial charge in [0, 0.05) is 0 Å². The van der Waals surface area contributed by atoms with E-state index in [0.717, 1.165) is 29.9 Å². The topological polar surface area (TPSA) is 57.4 Å². The molecule has 5 nitrogen and oxygen atoms in total. The zero-order valence-electron chi connectivity index (χ0n) is 15.1. The molecule has 136 valence electrons. The molecule has 1 aliphatic carbocycles. The lowest BCUT2D eigenvalue weighted by Crippen LogP contribution is -2.16. The molecule has 1 saturated carbocycles. The summed E-state index contributed by atoms with van der Waals surface area (Å²) in [6.07, 6.45) is 5.80. The average Bonchev–Trinajstić information content (AvgIpc) is 3.06. The number of nitrogen functional groups attached to an aromatic ring is 1. The Kier molecular flexibility index (Phi) is 4.80. The molecule has 27 heavy (non-hydrogen) atoms. The van der Waals surface area contributed by atoms with Crippen LogP contribution in [0.25, 0.3) is 16.1 Å². The van der Waals surface area contributed by atoms with Gasteiger partial charge in [-0.15, -0.1) is 0 Å².